The molecule has 0 spiro atoms. The molecular weight excluding hydrogens is 408 g/mol. The van der Waals surface area contributed by atoms with E-state index in [0.717, 1.165) is 0 Å². The summed E-state index contributed by atoms with van der Waals surface area (Å²) in [6, 6.07) is 6.40. The molecule has 1 saturated heterocycles. The Bertz CT molecular complexity index is 818. The van der Waals surface area contributed by atoms with E-state index >= 15 is 0 Å². The molecule has 0 radical (unpaired) electrons. The van der Waals surface area contributed by atoms with Crippen LogP contribution in [0.25, 0.3) is 0 Å². The molecule has 1 aromatic carbocycles. The molecule has 1 aliphatic heterocycles. The monoisotopic (exact) mass is 440 g/mol. The summed E-state index contributed by atoms with van der Waals surface area (Å²) in [6.07, 6.45) is 0. The Balaban J connectivity index is 1.87. The average Bonchev–Trinajstić information content (AvgIpc) is 2.68. The van der Waals surface area contributed by atoms with Gasteiger partial charge in [-0.3, -0.25) is 14.5 Å². The summed E-state index contributed by atoms with van der Waals surface area (Å²) in [5.41, 5.74) is 0. The Morgan fingerprint density at radius 2 is 1.70 bits per heavy atom. The zero-order valence-electron chi connectivity index (χ0n) is 18.1. The maximum absolute atomic E-state index is 12.8. The van der Waals surface area contributed by atoms with Gasteiger partial charge in [0, 0.05) is 32.2 Å². The number of benzene rings is 1. The first-order valence-corrected chi connectivity index (χ1v) is 11.6. The van der Waals surface area contributed by atoms with E-state index in [-0.39, 0.29) is 48.9 Å². The van der Waals surface area contributed by atoms with Crippen molar-refractivity contribution >= 4 is 21.8 Å². The minimum atomic E-state index is -3.62. The summed E-state index contributed by atoms with van der Waals surface area (Å²) in [7, 11) is -1.90. The van der Waals surface area contributed by atoms with Gasteiger partial charge in [-0.15, -0.1) is 0 Å². The topological polar surface area (TPSA) is 99.3 Å². The van der Waals surface area contributed by atoms with Gasteiger partial charge < -0.3 is 15.0 Å². The average molecular weight is 441 g/mol. The van der Waals surface area contributed by atoms with Gasteiger partial charge in [0.05, 0.1) is 24.6 Å². The van der Waals surface area contributed by atoms with Gasteiger partial charge in [-0.25, -0.2) is 8.42 Å². The molecule has 1 aromatic rings. The second kappa shape index (κ2) is 10.7. The third kappa shape index (κ3) is 6.68. The highest BCUT2D eigenvalue weighted by Gasteiger charge is 2.30. The van der Waals surface area contributed by atoms with Crippen molar-refractivity contribution in [3.05, 3.63) is 24.3 Å². The lowest BCUT2D eigenvalue weighted by Crippen LogP contribution is -2.52. The molecule has 9 nitrogen and oxygen atoms in total. The Morgan fingerprint density at radius 3 is 2.23 bits per heavy atom. The highest BCUT2D eigenvalue weighted by Crippen LogP contribution is 2.21. The second-order valence-electron chi connectivity index (χ2n) is 7.58. The van der Waals surface area contributed by atoms with Crippen LogP contribution >= 0.6 is 0 Å². The second-order valence-corrected chi connectivity index (χ2v) is 9.52. The van der Waals surface area contributed by atoms with E-state index in [2.05, 4.69) is 5.32 Å². The predicted octanol–water partition coefficient (Wildman–Crippen LogP) is 0.375. The smallest absolute Gasteiger partial charge is 0.243 e. The van der Waals surface area contributed by atoms with Gasteiger partial charge in [0.25, 0.3) is 0 Å². The first-order valence-electron chi connectivity index (χ1n) is 10.1. The zero-order valence-corrected chi connectivity index (χ0v) is 18.9. The van der Waals surface area contributed by atoms with Crippen LogP contribution in [0.15, 0.2) is 29.2 Å². The highest BCUT2D eigenvalue weighted by molar-refractivity contribution is 7.89. The van der Waals surface area contributed by atoms with E-state index in [4.69, 9.17) is 4.74 Å². The van der Waals surface area contributed by atoms with Crippen molar-refractivity contribution in [1.82, 2.24) is 19.4 Å². The first kappa shape index (κ1) is 24.1. The molecule has 1 heterocycles. The first-order chi connectivity index (χ1) is 14.1. The number of sulfonamides is 1. The quantitative estimate of drug-likeness (QED) is 0.596. The molecule has 1 aliphatic rings. The third-order valence-corrected chi connectivity index (χ3v) is 6.55. The largest absolute Gasteiger partial charge is 0.494 e. The standard InChI is InChI=1S/C20H32N4O5S/c1-5-29-17-6-8-18(9-7-17)30(27,28)24-12-10-23(11-13-24)20(26)15-22(4)14-19(25)21-16(2)3/h6-9,16H,5,10-15H2,1-4H3,(H,21,25). The molecule has 0 bridgehead atoms. The lowest BCUT2D eigenvalue weighted by Gasteiger charge is -2.34. The zero-order chi connectivity index (χ0) is 22.3. The molecule has 0 unspecified atom stereocenters. The minimum Gasteiger partial charge on any atom is -0.494 e. The van der Waals surface area contributed by atoms with Gasteiger partial charge in [0.15, 0.2) is 0 Å². The van der Waals surface area contributed by atoms with E-state index in [9.17, 15) is 18.0 Å². The maximum atomic E-state index is 12.8. The number of carbonyl (C=O) groups is 2. The predicted molar refractivity (Wildman–Crippen MR) is 114 cm³/mol. The SMILES string of the molecule is CCOc1ccc(S(=O)(=O)N2CCN(C(=O)CN(C)CC(=O)NC(C)C)CC2)cc1. The Labute approximate surface area is 179 Å². The number of likely N-dealkylation sites (N-methyl/N-ethyl adjacent to an activating group) is 1. The van der Waals surface area contributed by atoms with Crippen LogP contribution in [0.3, 0.4) is 0 Å². The number of nitrogens with zero attached hydrogens (tertiary/aromatic N) is 3. The van der Waals surface area contributed by atoms with Crippen LogP contribution in [0.4, 0.5) is 0 Å². The van der Waals surface area contributed by atoms with E-state index < -0.39 is 10.0 Å². The maximum Gasteiger partial charge on any atom is 0.243 e. The van der Waals surface area contributed by atoms with Crippen molar-refractivity contribution in [3.63, 3.8) is 0 Å². The molecule has 2 rings (SSSR count). The van der Waals surface area contributed by atoms with E-state index in [1.165, 1.54) is 16.4 Å². The van der Waals surface area contributed by atoms with Gasteiger partial charge >= 0.3 is 0 Å². The third-order valence-electron chi connectivity index (χ3n) is 4.63. The minimum absolute atomic E-state index is 0.0481. The Morgan fingerprint density at radius 1 is 1.10 bits per heavy atom. The molecule has 168 valence electrons. The van der Waals surface area contributed by atoms with Gasteiger partial charge in [-0.05, 0) is 52.1 Å². The fourth-order valence-corrected chi connectivity index (χ4v) is 4.62. The van der Waals surface area contributed by atoms with E-state index in [1.54, 1.807) is 29.0 Å². The van der Waals surface area contributed by atoms with Gasteiger partial charge in [-0.2, -0.15) is 4.31 Å². The molecule has 0 atom stereocenters. The van der Waals surface area contributed by atoms with Crippen LogP contribution < -0.4 is 10.1 Å². The van der Waals surface area contributed by atoms with Gasteiger partial charge in [0.2, 0.25) is 21.8 Å². The molecule has 0 aromatic heterocycles. The molecule has 10 heteroatoms. The van der Waals surface area contributed by atoms with Crippen molar-refractivity contribution in [2.75, 3.05) is 52.9 Å². The van der Waals surface area contributed by atoms with Crippen molar-refractivity contribution in [2.45, 2.75) is 31.7 Å². The summed E-state index contributed by atoms with van der Waals surface area (Å²) < 4.78 is 32.4. The number of nitrogens with one attached hydrogen (secondary N) is 1. The number of rotatable bonds is 9. The number of piperazine rings is 1. The van der Waals surface area contributed by atoms with Gasteiger partial charge in [0.1, 0.15) is 5.75 Å². The van der Waals surface area contributed by atoms with E-state index in [0.29, 0.717) is 25.4 Å². The van der Waals surface area contributed by atoms with Crippen molar-refractivity contribution < 1.29 is 22.7 Å². The summed E-state index contributed by atoms with van der Waals surface area (Å²) in [5, 5.41) is 2.79. The summed E-state index contributed by atoms with van der Waals surface area (Å²) in [6.45, 7) is 7.49. The van der Waals surface area contributed by atoms with E-state index in [1.807, 2.05) is 20.8 Å². The molecule has 1 fully saturated rings. The number of amides is 2. The van der Waals surface area contributed by atoms with Crippen LogP contribution in [-0.2, 0) is 19.6 Å². The molecule has 30 heavy (non-hydrogen) atoms. The lowest BCUT2D eigenvalue weighted by molar-refractivity contribution is -0.133. The summed E-state index contributed by atoms with van der Waals surface area (Å²) in [4.78, 5) is 27.8. The molecular formula is C20H32N4O5S. The van der Waals surface area contributed by atoms with Crippen molar-refractivity contribution in [2.24, 2.45) is 0 Å². The number of carbonyl (C=O) groups excluding carboxylic acids is 2. The molecule has 2 amide bonds. The van der Waals surface area contributed by atoms with Gasteiger partial charge in [-0.1, -0.05) is 0 Å². The van der Waals surface area contributed by atoms with Crippen LogP contribution in [-0.4, -0.2) is 93.3 Å². The van der Waals surface area contributed by atoms with Crippen LogP contribution in [0, 0.1) is 0 Å². The number of ether oxygens (including phenoxy) is 1. The van der Waals surface area contributed by atoms with Crippen LogP contribution in [0.1, 0.15) is 20.8 Å². The summed E-state index contributed by atoms with van der Waals surface area (Å²) >= 11 is 0. The molecule has 1 N–H and O–H groups in total. The number of hydrogen-bond acceptors (Lipinski definition) is 6. The highest BCUT2D eigenvalue weighted by atomic mass is 32.2. The lowest BCUT2D eigenvalue weighted by atomic mass is 10.3. The Hall–Kier alpha value is -2.17. The normalized spacial score (nSPS) is 15.5. The molecule has 0 aliphatic carbocycles. The summed E-state index contributed by atoms with van der Waals surface area (Å²) in [5.74, 6) is 0.373. The van der Waals surface area contributed by atoms with Crippen LogP contribution in [0.2, 0.25) is 0 Å². The van der Waals surface area contributed by atoms with Crippen LogP contribution in [0.5, 0.6) is 5.75 Å². The Kier molecular flexibility index (Phi) is 8.63. The van der Waals surface area contributed by atoms with Crippen molar-refractivity contribution in [3.8, 4) is 5.75 Å². The van der Waals surface area contributed by atoms with Crippen molar-refractivity contribution in [1.29, 1.82) is 0 Å². The fourth-order valence-electron chi connectivity index (χ4n) is 3.20. The fraction of sp³-hybridized carbons (Fsp3) is 0.600. The molecule has 0 saturated carbocycles. The number of hydrogen-bond donors (Lipinski definition) is 1.